The molecule has 0 unspecified atom stereocenters. The van der Waals surface area contributed by atoms with Crippen molar-refractivity contribution in [3.63, 3.8) is 0 Å². The van der Waals surface area contributed by atoms with Gasteiger partial charge in [-0.1, -0.05) is 12.1 Å². The predicted molar refractivity (Wildman–Crippen MR) is 78.5 cm³/mol. The Labute approximate surface area is 117 Å². The zero-order valence-electron chi connectivity index (χ0n) is 10.9. The van der Waals surface area contributed by atoms with Gasteiger partial charge in [-0.15, -0.1) is 0 Å². The molecule has 1 aromatic rings. The van der Waals surface area contributed by atoms with Crippen LogP contribution < -0.4 is 5.73 Å². The van der Waals surface area contributed by atoms with E-state index in [0.717, 1.165) is 49.2 Å². The predicted octanol–water partition coefficient (Wildman–Crippen LogP) is 3.03. The first-order valence-corrected chi connectivity index (χ1v) is 7.36. The van der Waals surface area contributed by atoms with E-state index in [2.05, 4.69) is 33.8 Å². The van der Waals surface area contributed by atoms with Gasteiger partial charge >= 0.3 is 0 Å². The molecule has 1 fully saturated rings. The number of nitrogen functional groups attached to an aromatic ring is 1. The van der Waals surface area contributed by atoms with Gasteiger partial charge in [-0.25, -0.2) is 0 Å². The van der Waals surface area contributed by atoms with Crippen LogP contribution in [-0.4, -0.2) is 30.7 Å². The van der Waals surface area contributed by atoms with Gasteiger partial charge in [0.05, 0.1) is 6.10 Å². The Bertz CT molecular complexity index is 389. The maximum Gasteiger partial charge on any atom is 0.0599 e. The summed E-state index contributed by atoms with van der Waals surface area (Å²) in [5, 5.41) is 0. The number of halogens is 1. The van der Waals surface area contributed by atoms with E-state index >= 15 is 0 Å². The molecule has 0 bridgehead atoms. The fraction of sp³-hybridized carbons (Fsp3) is 0.571. The van der Waals surface area contributed by atoms with E-state index in [1.165, 1.54) is 5.56 Å². The molecule has 0 aromatic heterocycles. The Balaban J connectivity index is 1.90. The molecule has 0 radical (unpaired) electrons. The molecule has 2 rings (SSSR count). The van der Waals surface area contributed by atoms with Crippen molar-refractivity contribution in [2.75, 3.05) is 25.4 Å². The number of piperidine rings is 1. The van der Waals surface area contributed by atoms with Crippen LogP contribution in [-0.2, 0) is 11.3 Å². The number of hydrogen-bond acceptors (Lipinski definition) is 3. The van der Waals surface area contributed by atoms with Crippen LogP contribution in [0.4, 0.5) is 5.69 Å². The van der Waals surface area contributed by atoms with Gasteiger partial charge < -0.3 is 10.5 Å². The van der Waals surface area contributed by atoms with E-state index in [0.29, 0.717) is 6.10 Å². The van der Waals surface area contributed by atoms with Crippen LogP contribution in [0.15, 0.2) is 22.7 Å². The molecule has 100 valence electrons. The summed E-state index contributed by atoms with van der Waals surface area (Å²) in [6.07, 6.45) is 2.72. The Morgan fingerprint density at radius 3 is 2.78 bits per heavy atom. The summed E-state index contributed by atoms with van der Waals surface area (Å²) in [4.78, 5) is 2.47. The van der Waals surface area contributed by atoms with Crippen molar-refractivity contribution >= 4 is 21.6 Å². The molecule has 0 saturated carbocycles. The number of nitrogens with two attached hydrogens (primary N) is 1. The zero-order chi connectivity index (χ0) is 13.0. The van der Waals surface area contributed by atoms with E-state index in [4.69, 9.17) is 10.5 Å². The largest absolute Gasteiger partial charge is 0.398 e. The van der Waals surface area contributed by atoms with Gasteiger partial charge in [0.1, 0.15) is 0 Å². The molecular weight excluding hydrogens is 292 g/mol. The standard InChI is InChI=1S/C14H21BrN2O/c1-2-18-12-6-8-17(9-7-12)10-11-4-3-5-13(16)14(11)15/h3-5,12H,2,6-10,16H2,1H3. The lowest BCUT2D eigenvalue weighted by atomic mass is 10.1. The van der Waals surface area contributed by atoms with Gasteiger partial charge in [0.15, 0.2) is 0 Å². The average molecular weight is 313 g/mol. The van der Waals surface area contributed by atoms with Crippen LogP contribution in [0.1, 0.15) is 25.3 Å². The maximum atomic E-state index is 5.90. The number of rotatable bonds is 4. The minimum absolute atomic E-state index is 0.454. The smallest absolute Gasteiger partial charge is 0.0599 e. The lowest BCUT2D eigenvalue weighted by Gasteiger charge is -2.32. The summed E-state index contributed by atoms with van der Waals surface area (Å²) in [5.74, 6) is 0. The molecule has 1 saturated heterocycles. The van der Waals surface area contributed by atoms with Gasteiger partial charge in [-0.3, -0.25) is 4.90 Å². The first kappa shape index (κ1) is 13.8. The van der Waals surface area contributed by atoms with Gasteiger partial charge in [-0.05, 0) is 47.3 Å². The molecule has 0 aliphatic carbocycles. The summed E-state index contributed by atoms with van der Waals surface area (Å²) >= 11 is 3.57. The van der Waals surface area contributed by atoms with Crippen molar-refractivity contribution in [2.45, 2.75) is 32.4 Å². The monoisotopic (exact) mass is 312 g/mol. The summed E-state index contributed by atoms with van der Waals surface area (Å²) < 4.78 is 6.71. The molecule has 1 aliphatic heterocycles. The Morgan fingerprint density at radius 1 is 1.39 bits per heavy atom. The normalized spacial score (nSPS) is 18.1. The second kappa shape index (κ2) is 6.55. The van der Waals surface area contributed by atoms with E-state index < -0.39 is 0 Å². The Morgan fingerprint density at radius 2 is 2.11 bits per heavy atom. The highest BCUT2D eigenvalue weighted by molar-refractivity contribution is 9.10. The molecule has 1 heterocycles. The molecule has 0 amide bonds. The molecule has 0 atom stereocenters. The number of benzene rings is 1. The van der Waals surface area contributed by atoms with Crippen LogP contribution in [0.3, 0.4) is 0 Å². The van der Waals surface area contributed by atoms with E-state index in [1.807, 2.05) is 12.1 Å². The highest BCUT2D eigenvalue weighted by Crippen LogP contribution is 2.26. The van der Waals surface area contributed by atoms with Gasteiger partial charge in [0.2, 0.25) is 0 Å². The topological polar surface area (TPSA) is 38.5 Å². The molecule has 2 N–H and O–H groups in total. The van der Waals surface area contributed by atoms with Crippen LogP contribution in [0.2, 0.25) is 0 Å². The summed E-state index contributed by atoms with van der Waals surface area (Å²) in [5.41, 5.74) is 7.99. The minimum atomic E-state index is 0.454. The molecule has 3 nitrogen and oxygen atoms in total. The van der Waals surface area contributed by atoms with Crippen molar-refractivity contribution in [3.05, 3.63) is 28.2 Å². The third-order valence-electron chi connectivity index (χ3n) is 3.44. The molecule has 0 spiro atoms. The summed E-state index contributed by atoms with van der Waals surface area (Å²) in [7, 11) is 0. The number of hydrogen-bond donors (Lipinski definition) is 1. The van der Waals surface area contributed by atoms with E-state index in [-0.39, 0.29) is 0 Å². The van der Waals surface area contributed by atoms with Crippen molar-refractivity contribution < 1.29 is 4.74 Å². The van der Waals surface area contributed by atoms with Crippen LogP contribution in [0.5, 0.6) is 0 Å². The number of anilines is 1. The lowest BCUT2D eigenvalue weighted by molar-refractivity contribution is 0.0125. The zero-order valence-corrected chi connectivity index (χ0v) is 12.4. The second-order valence-corrected chi connectivity index (χ2v) is 5.54. The Hall–Kier alpha value is -0.580. The summed E-state index contributed by atoms with van der Waals surface area (Å²) in [6.45, 7) is 6.06. The quantitative estimate of drug-likeness (QED) is 0.869. The van der Waals surface area contributed by atoms with Crippen LogP contribution >= 0.6 is 15.9 Å². The van der Waals surface area contributed by atoms with Gasteiger partial charge in [0, 0.05) is 36.4 Å². The SMILES string of the molecule is CCOC1CCN(Cc2cccc(N)c2Br)CC1. The number of nitrogens with zero attached hydrogens (tertiary/aromatic N) is 1. The van der Waals surface area contributed by atoms with E-state index in [9.17, 15) is 0 Å². The first-order chi connectivity index (χ1) is 8.70. The maximum absolute atomic E-state index is 5.90. The Kier molecular flexibility index (Phi) is 5.03. The van der Waals surface area contributed by atoms with Crippen molar-refractivity contribution in [1.29, 1.82) is 0 Å². The average Bonchev–Trinajstić information content (AvgIpc) is 2.38. The van der Waals surface area contributed by atoms with Crippen molar-refractivity contribution in [1.82, 2.24) is 4.90 Å². The fourth-order valence-electron chi connectivity index (χ4n) is 2.43. The fourth-order valence-corrected chi connectivity index (χ4v) is 2.82. The molecule has 18 heavy (non-hydrogen) atoms. The van der Waals surface area contributed by atoms with Crippen molar-refractivity contribution in [3.8, 4) is 0 Å². The second-order valence-electron chi connectivity index (χ2n) is 4.75. The van der Waals surface area contributed by atoms with Gasteiger partial charge in [0.25, 0.3) is 0 Å². The molecule has 1 aliphatic rings. The summed E-state index contributed by atoms with van der Waals surface area (Å²) in [6, 6.07) is 6.08. The third-order valence-corrected chi connectivity index (χ3v) is 4.41. The van der Waals surface area contributed by atoms with Crippen LogP contribution in [0, 0.1) is 0 Å². The molecular formula is C14H21BrN2O. The first-order valence-electron chi connectivity index (χ1n) is 6.57. The molecule has 4 heteroatoms. The van der Waals surface area contributed by atoms with Gasteiger partial charge in [-0.2, -0.15) is 0 Å². The van der Waals surface area contributed by atoms with E-state index in [1.54, 1.807) is 0 Å². The minimum Gasteiger partial charge on any atom is -0.398 e. The number of likely N-dealkylation sites (tertiary alicyclic amines) is 1. The number of ether oxygens (including phenoxy) is 1. The van der Waals surface area contributed by atoms with Crippen LogP contribution in [0.25, 0.3) is 0 Å². The third kappa shape index (κ3) is 3.46. The lowest BCUT2D eigenvalue weighted by Crippen LogP contribution is -2.36. The highest BCUT2D eigenvalue weighted by Gasteiger charge is 2.19. The van der Waals surface area contributed by atoms with Crippen molar-refractivity contribution in [2.24, 2.45) is 0 Å². The highest BCUT2D eigenvalue weighted by atomic mass is 79.9. The molecule has 1 aromatic carbocycles.